The highest BCUT2D eigenvalue weighted by atomic mass is 32.2. The highest BCUT2D eigenvalue weighted by molar-refractivity contribution is 7.99. The maximum atomic E-state index is 13.2. The van der Waals surface area contributed by atoms with Crippen molar-refractivity contribution in [3.8, 4) is 11.8 Å². The molecule has 0 spiro atoms. The van der Waals surface area contributed by atoms with Gasteiger partial charge >= 0.3 is 0 Å². The van der Waals surface area contributed by atoms with Crippen molar-refractivity contribution in [2.75, 3.05) is 11.1 Å². The number of furan rings is 1. The fourth-order valence-corrected chi connectivity index (χ4v) is 4.37. The minimum absolute atomic E-state index is 0.0340. The maximum Gasteiger partial charge on any atom is 0.262 e. The summed E-state index contributed by atoms with van der Waals surface area (Å²) in [5, 5.41) is 17.4. The van der Waals surface area contributed by atoms with Gasteiger partial charge in [-0.05, 0) is 36.4 Å². The molecule has 3 heterocycles. The van der Waals surface area contributed by atoms with Gasteiger partial charge in [0.05, 0.1) is 41.3 Å². The van der Waals surface area contributed by atoms with Crippen LogP contribution in [0.5, 0.6) is 0 Å². The lowest BCUT2D eigenvalue weighted by Gasteiger charge is -2.13. The maximum absolute atomic E-state index is 13.2. The van der Waals surface area contributed by atoms with Crippen molar-refractivity contribution in [3.05, 3.63) is 101 Å². The molecule has 0 radical (unpaired) electrons. The van der Waals surface area contributed by atoms with Crippen LogP contribution in [0.3, 0.4) is 0 Å². The van der Waals surface area contributed by atoms with Crippen molar-refractivity contribution in [1.82, 2.24) is 19.3 Å². The second kappa shape index (κ2) is 9.70. The van der Waals surface area contributed by atoms with Gasteiger partial charge < -0.3 is 9.73 Å². The first-order valence-electron chi connectivity index (χ1n) is 10.6. The van der Waals surface area contributed by atoms with Crippen molar-refractivity contribution in [1.29, 1.82) is 5.26 Å². The molecule has 0 aliphatic heterocycles. The van der Waals surface area contributed by atoms with Gasteiger partial charge in [-0.15, -0.1) is 0 Å². The first kappa shape index (κ1) is 22.2. The average Bonchev–Trinajstić information content (AvgIpc) is 3.55. The number of para-hydroxylation sites is 2. The number of carbonyl (C=O) groups excluding carboxylic acids is 1. The van der Waals surface area contributed by atoms with E-state index in [1.165, 1.54) is 21.7 Å². The molecule has 172 valence electrons. The number of amides is 1. The molecule has 0 aliphatic carbocycles. The third-order valence-electron chi connectivity index (χ3n) is 5.20. The number of anilines is 1. The van der Waals surface area contributed by atoms with Gasteiger partial charge in [-0.3, -0.25) is 14.2 Å². The van der Waals surface area contributed by atoms with Gasteiger partial charge in [-0.25, -0.2) is 9.67 Å². The predicted octanol–water partition coefficient (Wildman–Crippen LogP) is 3.83. The number of hydrogen-bond donors (Lipinski definition) is 1. The smallest absolute Gasteiger partial charge is 0.262 e. The van der Waals surface area contributed by atoms with Crippen LogP contribution in [0.25, 0.3) is 16.6 Å². The van der Waals surface area contributed by atoms with Gasteiger partial charge in [0.2, 0.25) is 5.91 Å². The van der Waals surface area contributed by atoms with Gasteiger partial charge in [0.15, 0.2) is 11.0 Å². The van der Waals surface area contributed by atoms with E-state index in [0.717, 1.165) is 11.8 Å². The second-order valence-electron chi connectivity index (χ2n) is 7.49. The summed E-state index contributed by atoms with van der Waals surface area (Å²) in [6.45, 7) is 0.187. The number of fused-ring (bicyclic) bond motifs is 1. The molecule has 9 nitrogen and oxygen atoms in total. The van der Waals surface area contributed by atoms with E-state index in [2.05, 4.69) is 21.5 Å². The topological polar surface area (TPSA) is 119 Å². The van der Waals surface area contributed by atoms with Crippen LogP contribution < -0.4 is 10.9 Å². The van der Waals surface area contributed by atoms with E-state index in [-0.39, 0.29) is 35.1 Å². The summed E-state index contributed by atoms with van der Waals surface area (Å²) in [5.74, 6) is 0.481. The van der Waals surface area contributed by atoms with E-state index in [9.17, 15) is 14.9 Å². The zero-order valence-corrected chi connectivity index (χ0v) is 19.1. The number of hydrogen-bond acceptors (Lipinski definition) is 7. The van der Waals surface area contributed by atoms with Gasteiger partial charge in [-0.2, -0.15) is 10.4 Å². The fourth-order valence-electron chi connectivity index (χ4n) is 3.57. The third kappa shape index (κ3) is 4.58. The molecular weight excluding hydrogens is 464 g/mol. The number of rotatable bonds is 7. The minimum atomic E-state index is -0.365. The summed E-state index contributed by atoms with van der Waals surface area (Å²) >= 11 is 1.13. The molecular formula is C25H18N6O3S. The van der Waals surface area contributed by atoms with Gasteiger partial charge in [0, 0.05) is 0 Å². The molecule has 1 N–H and O–H groups in total. The van der Waals surface area contributed by atoms with Crippen LogP contribution in [0.2, 0.25) is 0 Å². The lowest BCUT2D eigenvalue weighted by atomic mass is 10.2. The van der Waals surface area contributed by atoms with Crippen molar-refractivity contribution in [2.24, 2.45) is 0 Å². The number of benzene rings is 2. The van der Waals surface area contributed by atoms with E-state index < -0.39 is 0 Å². The number of aromatic nitrogens is 4. The monoisotopic (exact) mass is 482 g/mol. The molecule has 5 aromatic rings. The molecule has 0 aliphatic rings. The Bertz CT molecular complexity index is 1600. The summed E-state index contributed by atoms with van der Waals surface area (Å²) in [6, 6.07) is 21.8. The fraction of sp³-hybridized carbons (Fsp3) is 0.0800. The van der Waals surface area contributed by atoms with Crippen molar-refractivity contribution >= 4 is 34.4 Å². The molecule has 10 heteroatoms. The Morgan fingerprint density at radius 2 is 1.89 bits per heavy atom. The molecule has 5 rings (SSSR count). The van der Waals surface area contributed by atoms with Crippen LogP contribution in [0.15, 0.2) is 93.6 Å². The summed E-state index contributed by atoms with van der Waals surface area (Å²) in [4.78, 5) is 30.7. The van der Waals surface area contributed by atoms with E-state index in [4.69, 9.17) is 4.42 Å². The first-order chi connectivity index (χ1) is 17.1. The number of nitrogens with one attached hydrogen (secondary N) is 1. The normalized spacial score (nSPS) is 10.8. The summed E-state index contributed by atoms with van der Waals surface area (Å²) in [6.07, 6.45) is 2.94. The first-order valence-corrected chi connectivity index (χ1v) is 11.6. The molecule has 0 bridgehead atoms. The van der Waals surface area contributed by atoms with Gasteiger partial charge in [-0.1, -0.05) is 42.1 Å². The Morgan fingerprint density at radius 3 is 2.66 bits per heavy atom. The summed E-state index contributed by atoms with van der Waals surface area (Å²) in [7, 11) is 0. The predicted molar refractivity (Wildman–Crippen MR) is 131 cm³/mol. The standard InChI is InChI=1S/C25H18N6O3S/c26-13-17-14-27-31(18-7-2-1-3-8-18)23(17)29-22(32)16-35-25-28-21-11-5-4-10-20(21)24(33)30(25)15-19-9-6-12-34-19/h1-12,14H,15-16H2,(H,29,32). The number of carbonyl (C=O) groups is 1. The number of nitriles is 1. The van der Waals surface area contributed by atoms with E-state index in [1.54, 1.807) is 36.4 Å². The molecule has 2 aromatic carbocycles. The van der Waals surface area contributed by atoms with Crippen molar-refractivity contribution in [3.63, 3.8) is 0 Å². The average molecular weight is 483 g/mol. The molecule has 1 amide bonds. The van der Waals surface area contributed by atoms with Gasteiger partial charge in [0.25, 0.3) is 5.56 Å². The number of thioether (sulfide) groups is 1. The lowest BCUT2D eigenvalue weighted by molar-refractivity contribution is -0.113. The van der Waals surface area contributed by atoms with Crippen LogP contribution in [-0.4, -0.2) is 31.0 Å². The minimum Gasteiger partial charge on any atom is -0.467 e. The van der Waals surface area contributed by atoms with Crippen LogP contribution >= 0.6 is 11.8 Å². The molecule has 0 saturated heterocycles. The largest absolute Gasteiger partial charge is 0.467 e. The Balaban J connectivity index is 1.41. The quantitative estimate of drug-likeness (QED) is 0.277. The zero-order chi connectivity index (χ0) is 24.2. The molecule has 0 unspecified atom stereocenters. The third-order valence-corrected chi connectivity index (χ3v) is 6.18. The van der Waals surface area contributed by atoms with Crippen LogP contribution in [-0.2, 0) is 11.3 Å². The summed E-state index contributed by atoms with van der Waals surface area (Å²) < 4.78 is 8.42. The summed E-state index contributed by atoms with van der Waals surface area (Å²) in [5.41, 5.74) is 1.28. The Hall–Kier alpha value is -4.62. The Labute approximate surface area is 203 Å². The molecule has 0 atom stereocenters. The Morgan fingerprint density at radius 1 is 1.09 bits per heavy atom. The van der Waals surface area contributed by atoms with E-state index >= 15 is 0 Å². The highest BCUT2D eigenvalue weighted by Gasteiger charge is 2.18. The SMILES string of the molecule is N#Cc1cnn(-c2ccccc2)c1NC(=O)CSc1nc2ccccc2c(=O)n1Cc1ccco1. The van der Waals surface area contributed by atoms with E-state index in [0.29, 0.717) is 27.5 Å². The molecule has 3 aromatic heterocycles. The van der Waals surface area contributed by atoms with Crippen LogP contribution in [0.4, 0.5) is 5.82 Å². The van der Waals surface area contributed by atoms with Crippen molar-refractivity contribution < 1.29 is 9.21 Å². The highest BCUT2D eigenvalue weighted by Crippen LogP contribution is 2.22. The lowest BCUT2D eigenvalue weighted by Crippen LogP contribution is -2.25. The second-order valence-corrected chi connectivity index (χ2v) is 8.43. The van der Waals surface area contributed by atoms with Gasteiger partial charge in [0.1, 0.15) is 17.4 Å². The Kier molecular flexibility index (Phi) is 6.15. The molecule has 0 fully saturated rings. The van der Waals surface area contributed by atoms with Crippen LogP contribution in [0, 0.1) is 11.3 Å². The van der Waals surface area contributed by atoms with Crippen molar-refractivity contribution in [2.45, 2.75) is 11.7 Å². The van der Waals surface area contributed by atoms with Crippen LogP contribution in [0.1, 0.15) is 11.3 Å². The van der Waals surface area contributed by atoms with E-state index in [1.807, 2.05) is 30.3 Å². The number of nitrogens with zero attached hydrogens (tertiary/aromatic N) is 5. The molecule has 0 saturated carbocycles. The molecule has 35 heavy (non-hydrogen) atoms. The zero-order valence-electron chi connectivity index (χ0n) is 18.3.